The number of thioether (sulfide) groups is 1. The maximum Gasteiger partial charge on any atom is 0.120 e. The summed E-state index contributed by atoms with van der Waals surface area (Å²) in [6.45, 7) is 5.42. The van der Waals surface area contributed by atoms with Gasteiger partial charge in [-0.2, -0.15) is 0 Å². The van der Waals surface area contributed by atoms with Crippen molar-refractivity contribution in [2.24, 2.45) is 0 Å². The lowest BCUT2D eigenvalue weighted by atomic mass is 10.1. The van der Waals surface area contributed by atoms with Gasteiger partial charge in [-0.05, 0) is 31.1 Å². The monoisotopic (exact) mass is 170 g/mol. The second kappa shape index (κ2) is 5.29. The molecule has 0 radical (unpaired) electrons. The van der Waals surface area contributed by atoms with E-state index < -0.39 is 5.60 Å². The summed E-state index contributed by atoms with van der Waals surface area (Å²) < 4.78 is 0. The summed E-state index contributed by atoms with van der Waals surface area (Å²) in [5.41, 5.74) is -0.874. The molecule has 11 heavy (non-hydrogen) atoms. The zero-order valence-corrected chi connectivity index (χ0v) is 8.03. The quantitative estimate of drug-likeness (QED) is 0.640. The first-order valence-corrected chi connectivity index (χ1v) is 4.63. The van der Waals surface area contributed by atoms with E-state index in [-0.39, 0.29) is 0 Å². The highest BCUT2D eigenvalue weighted by Gasteiger charge is 2.04. The van der Waals surface area contributed by atoms with E-state index in [0.29, 0.717) is 0 Å². The Labute approximate surface area is 72.9 Å². The van der Waals surface area contributed by atoms with Crippen molar-refractivity contribution in [1.29, 1.82) is 0 Å². The molecule has 0 spiro atoms. The third kappa shape index (κ3) is 9.61. The topological polar surface area (TPSA) is 20.2 Å². The summed E-state index contributed by atoms with van der Waals surface area (Å²) in [5.74, 6) is 6.50. The average Bonchev–Trinajstić information content (AvgIpc) is 1.85. The largest absolute Gasteiger partial charge is 0.378 e. The van der Waals surface area contributed by atoms with Crippen molar-refractivity contribution in [2.75, 3.05) is 5.75 Å². The van der Waals surface area contributed by atoms with Gasteiger partial charge < -0.3 is 5.11 Å². The SMILES string of the molecule is CCS/C=C\C#CC(C)(C)O. The molecule has 0 atom stereocenters. The van der Waals surface area contributed by atoms with Crippen LogP contribution >= 0.6 is 11.8 Å². The van der Waals surface area contributed by atoms with Gasteiger partial charge in [-0.15, -0.1) is 11.8 Å². The van der Waals surface area contributed by atoms with E-state index >= 15 is 0 Å². The Morgan fingerprint density at radius 3 is 2.64 bits per heavy atom. The second-order valence-corrected chi connectivity index (χ2v) is 3.77. The minimum atomic E-state index is -0.874. The molecule has 62 valence electrons. The van der Waals surface area contributed by atoms with Gasteiger partial charge in [0.05, 0.1) is 0 Å². The fraction of sp³-hybridized carbons (Fsp3) is 0.556. The second-order valence-electron chi connectivity index (χ2n) is 2.59. The molecule has 0 aliphatic carbocycles. The number of allylic oxidation sites excluding steroid dienone is 1. The summed E-state index contributed by atoms with van der Waals surface area (Å²) in [6, 6.07) is 0. The lowest BCUT2D eigenvalue weighted by Gasteiger charge is -2.04. The van der Waals surface area contributed by atoms with E-state index in [1.807, 2.05) is 5.41 Å². The minimum absolute atomic E-state index is 0.874. The van der Waals surface area contributed by atoms with Gasteiger partial charge in [0.2, 0.25) is 0 Å². The first-order chi connectivity index (χ1) is 5.06. The highest BCUT2D eigenvalue weighted by molar-refractivity contribution is 8.02. The Balaban J connectivity index is 3.72. The number of hydrogen-bond donors (Lipinski definition) is 1. The van der Waals surface area contributed by atoms with Gasteiger partial charge in [0.25, 0.3) is 0 Å². The van der Waals surface area contributed by atoms with Gasteiger partial charge >= 0.3 is 0 Å². The molecule has 0 saturated carbocycles. The fourth-order valence-corrected chi connectivity index (χ4v) is 0.753. The van der Waals surface area contributed by atoms with Crippen LogP contribution in [-0.4, -0.2) is 16.5 Å². The lowest BCUT2D eigenvalue weighted by Crippen LogP contribution is -2.14. The van der Waals surface area contributed by atoms with Crippen LogP contribution in [0.3, 0.4) is 0 Å². The highest BCUT2D eigenvalue weighted by Crippen LogP contribution is 1.99. The minimum Gasteiger partial charge on any atom is -0.378 e. The van der Waals surface area contributed by atoms with E-state index in [0.717, 1.165) is 5.75 Å². The predicted molar refractivity (Wildman–Crippen MR) is 51.3 cm³/mol. The molecule has 1 nitrogen and oxygen atoms in total. The Morgan fingerprint density at radius 2 is 2.18 bits per heavy atom. The third-order valence-corrected chi connectivity index (χ3v) is 1.45. The zero-order valence-electron chi connectivity index (χ0n) is 7.22. The smallest absolute Gasteiger partial charge is 0.120 e. The summed E-state index contributed by atoms with van der Waals surface area (Å²) in [7, 11) is 0. The normalized spacial score (nSPS) is 11.3. The summed E-state index contributed by atoms with van der Waals surface area (Å²) >= 11 is 1.69. The highest BCUT2D eigenvalue weighted by atomic mass is 32.2. The maximum atomic E-state index is 9.16. The van der Waals surface area contributed by atoms with Gasteiger partial charge in [0.15, 0.2) is 0 Å². The maximum absolute atomic E-state index is 9.16. The molecule has 0 fully saturated rings. The van der Waals surface area contributed by atoms with Crippen molar-refractivity contribution in [3.8, 4) is 11.8 Å². The van der Waals surface area contributed by atoms with E-state index in [2.05, 4.69) is 18.8 Å². The zero-order chi connectivity index (χ0) is 8.74. The molecule has 0 rings (SSSR count). The molecule has 0 aromatic heterocycles. The van der Waals surface area contributed by atoms with Crippen molar-refractivity contribution in [3.05, 3.63) is 11.5 Å². The van der Waals surface area contributed by atoms with Gasteiger partial charge in [-0.3, -0.25) is 0 Å². The molecule has 1 N–H and O–H groups in total. The molecule has 2 heteroatoms. The van der Waals surface area contributed by atoms with Gasteiger partial charge in [0, 0.05) is 0 Å². The lowest BCUT2D eigenvalue weighted by molar-refractivity contribution is 0.143. The Kier molecular flexibility index (Phi) is 5.10. The van der Waals surface area contributed by atoms with Gasteiger partial charge in [0.1, 0.15) is 5.60 Å². The van der Waals surface area contributed by atoms with Crippen molar-refractivity contribution in [1.82, 2.24) is 0 Å². The first kappa shape index (κ1) is 10.6. The van der Waals surface area contributed by atoms with Crippen LogP contribution in [0.4, 0.5) is 0 Å². The van der Waals surface area contributed by atoms with Crippen LogP contribution in [0.1, 0.15) is 20.8 Å². The van der Waals surface area contributed by atoms with Gasteiger partial charge in [-0.25, -0.2) is 0 Å². The molecule has 0 saturated heterocycles. The van der Waals surface area contributed by atoms with Crippen LogP contribution in [0, 0.1) is 11.8 Å². The Morgan fingerprint density at radius 1 is 1.55 bits per heavy atom. The van der Waals surface area contributed by atoms with Crippen LogP contribution < -0.4 is 0 Å². The van der Waals surface area contributed by atoms with Crippen LogP contribution in [0.25, 0.3) is 0 Å². The van der Waals surface area contributed by atoms with Crippen LogP contribution in [-0.2, 0) is 0 Å². The van der Waals surface area contributed by atoms with Crippen LogP contribution in [0.15, 0.2) is 11.5 Å². The van der Waals surface area contributed by atoms with Crippen LogP contribution in [0.5, 0.6) is 0 Å². The average molecular weight is 170 g/mol. The predicted octanol–water partition coefficient (Wildman–Crippen LogP) is 2.03. The summed E-state index contributed by atoms with van der Waals surface area (Å²) in [6.07, 6.45) is 1.76. The molecule has 0 aromatic rings. The standard InChI is InChI=1S/C9H14OS/c1-4-11-8-6-5-7-9(2,3)10/h6,8,10H,4H2,1-3H3/b8-6-. The molecule has 0 bridgehead atoms. The summed E-state index contributed by atoms with van der Waals surface area (Å²) in [5, 5.41) is 11.1. The van der Waals surface area contributed by atoms with Crippen LogP contribution in [0.2, 0.25) is 0 Å². The Hall–Kier alpha value is -0.390. The van der Waals surface area contributed by atoms with Crippen molar-refractivity contribution in [3.63, 3.8) is 0 Å². The van der Waals surface area contributed by atoms with E-state index in [4.69, 9.17) is 5.11 Å². The molecule has 0 aromatic carbocycles. The Bertz CT molecular complexity index is 178. The van der Waals surface area contributed by atoms with Crippen molar-refractivity contribution >= 4 is 11.8 Å². The number of rotatable bonds is 2. The molecular weight excluding hydrogens is 156 g/mol. The van der Waals surface area contributed by atoms with Crippen molar-refractivity contribution in [2.45, 2.75) is 26.4 Å². The molecular formula is C9H14OS. The molecule has 0 aliphatic rings. The van der Waals surface area contributed by atoms with Gasteiger partial charge in [-0.1, -0.05) is 18.8 Å². The fourth-order valence-electron chi connectivity index (χ4n) is 0.397. The first-order valence-electron chi connectivity index (χ1n) is 3.58. The third-order valence-electron chi connectivity index (χ3n) is 0.792. The molecule has 0 heterocycles. The number of aliphatic hydroxyl groups is 1. The van der Waals surface area contributed by atoms with Crippen molar-refractivity contribution < 1.29 is 5.11 Å². The molecule has 0 unspecified atom stereocenters. The van der Waals surface area contributed by atoms with E-state index in [9.17, 15) is 0 Å². The molecule has 0 aliphatic heterocycles. The van der Waals surface area contributed by atoms with E-state index in [1.165, 1.54) is 0 Å². The number of hydrogen-bond acceptors (Lipinski definition) is 2. The summed E-state index contributed by atoms with van der Waals surface area (Å²) in [4.78, 5) is 0. The molecule has 0 amide bonds. The van der Waals surface area contributed by atoms with E-state index in [1.54, 1.807) is 31.7 Å².